The van der Waals surface area contributed by atoms with Crippen molar-refractivity contribution in [2.75, 3.05) is 5.32 Å². The third-order valence-corrected chi connectivity index (χ3v) is 4.42. The zero-order chi connectivity index (χ0) is 18.1. The molecule has 6 nitrogen and oxygen atoms in total. The fourth-order valence-corrected chi connectivity index (χ4v) is 3.12. The van der Waals surface area contributed by atoms with Crippen LogP contribution in [-0.2, 0) is 0 Å². The van der Waals surface area contributed by atoms with E-state index in [-0.39, 0.29) is 5.56 Å². The molecule has 0 atom stereocenters. The molecule has 0 aliphatic rings. The second-order valence-corrected chi connectivity index (χ2v) is 6.53. The van der Waals surface area contributed by atoms with Gasteiger partial charge in [0, 0.05) is 16.4 Å². The summed E-state index contributed by atoms with van der Waals surface area (Å²) in [6.45, 7) is 0. The maximum atomic E-state index is 11.7. The number of rotatable bonds is 4. The summed E-state index contributed by atoms with van der Waals surface area (Å²) in [5, 5.41) is 17.8. The van der Waals surface area contributed by atoms with E-state index in [0.29, 0.717) is 16.7 Å². The molecule has 4 aromatic rings. The molecule has 2 N–H and O–H groups in total. The van der Waals surface area contributed by atoms with E-state index in [1.165, 1.54) is 6.20 Å². The van der Waals surface area contributed by atoms with Crippen LogP contribution < -0.4 is 5.32 Å². The molecule has 0 fully saturated rings. The topological polar surface area (TPSA) is 80.0 Å². The lowest BCUT2D eigenvalue weighted by Gasteiger charge is -2.11. The summed E-state index contributed by atoms with van der Waals surface area (Å²) >= 11 is 3.45. The van der Waals surface area contributed by atoms with E-state index in [2.05, 4.69) is 31.3 Å². The van der Waals surface area contributed by atoms with Gasteiger partial charge >= 0.3 is 5.97 Å². The Labute approximate surface area is 157 Å². The van der Waals surface area contributed by atoms with Gasteiger partial charge in [-0.05, 0) is 30.3 Å². The van der Waals surface area contributed by atoms with Crippen LogP contribution in [0.5, 0.6) is 0 Å². The van der Waals surface area contributed by atoms with Crippen LogP contribution >= 0.6 is 15.9 Å². The molecule has 4 rings (SSSR count). The molecule has 0 aliphatic heterocycles. The molecule has 0 saturated heterocycles. The van der Waals surface area contributed by atoms with Crippen LogP contribution in [0.2, 0.25) is 0 Å². The first-order valence-corrected chi connectivity index (χ1v) is 8.61. The van der Waals surface area contributed by atoms with Gasteiger partial charge in [-0.25, -0.2) is 14.5 Å². The van der Waals surface area contributed by atoms with Crippen LogP contribution in [0.15, 0.2) is 71.5 Å². The second kappa shape index (κ2) is 6.61. The molecule has 7 heteroatoms. The highest BCUT2D eigenvalue weighted by atomic mass is 79.9. The highest BCUT2D eigenvalue weighted by molar-refractivity contribution is 9.10. The molecule has 2 aromatic carbocycles. The van der Waals surface area contributed by atoms with Crippen molar-refractivity contribution < 1.29 is 9.90 Å². The first-order chi connectivity index (χ1) is 12.6. The van der Waals surface area contributed by atoms with Crippen LogP contribution in [0.1, 0.15) is 10.4 Å². The zero-order valence-corrected chi connectivity index (χ0v) is 15.0. The van der Waals surface area contributed by atoms with Crippen LogP contribution in [0.4, 0.5) is 11.4 Å². The minimum absolute atomic E-state index is 0.0927. The normalized spacial score (nSPS) is 10.8. The van der Waals surface area contributed by atoms with Crippen LogP contribution in [0.3, 0.4) is 0 Å². The average Bonchev–Trinajstić information content (AvgIpc) is 3.07. The van der Waals surface area contributed by atoms with Gasteiger partial charge in [-0.3, -0.25) is 0 Å². The standard InChI is InChI=1S/C19H13BrN4O2/c20-12-5-4-8-14(9-12)24-18-15(11-22-24)17(16(10-21-18)19(25)26)23-13-6-2-1-3-7-13/h1-11H,(H,21,23)(H,25,26). The second-order valence-electron chi connectivity index (χ2n) is 5.62. The quantitative estimate of drug-likeness (QED) is 0.514. The molecule has 2 aromatic heterocycles. The number of carboxylic acids is 1. The van der Waals surface area contributed by atoms with E-state index >= 15 is 0 Å². The maximum Gasteiger partial charge on any atom is 0.339 e. The lowest BCUT2D eigenvalue weighted by atomic mass is 10.1. The minimum Gasteiger partial charge on any atom is -0.478 e. The third-order valence-electron chi connectivity index (χ3n) is 3.92. The fraction of sp³-hybridized carbons (Fsp3) is 0. The Kier molecular flexibility index (Phi) is 4.14. The highest BCUT2D eigenvalue weighted by Crippen LogP contribution is 2.30. The molecular formula is C19H13BrN4O2. The summed E-state index contributed by atoms with van der Waals surface area (Å²) in [4.78, 5) is 16.0. The van der Waals surface area contributed by atoms with E-state index in [9.17, 15) is 9.90 Å². The Morgan fingerprint density at radius 3 is 2.62 bits per heavy atom. The lowest BCUT2D eigenvalue weighted by molar-refractivity contribution is 0.0697. The summed E-state index contributed by atoms with van der Waals surface area (Å²) in [7, 11) is 0. The molecule has 2 heterocycles. The van der Waals surface area contributed by atoms with E-state index in [1.807, 2.05) is 54.6 Å². The largest absolute Gasteiger partial charge is 0.478 e. The number of hydrogen-bond acceptors (Lipinski definition) is 4. The number of fused-ring (bicyclic) bond motifs is 1. The Morgan fingerprint density at radius 2 is 1.88 bits per heavy atom. The molecule has 0 saturated carbocycles. The van der Waals surface area contributed by atoms with Gasteiger partial charge in [-0.1, -0.05) is 40.2 Å². The van der Waals surface area contributed by atoms with Crippen molar-refractivity contribution in [3.63, 3.8) is 0 Å². The molecule has 0 unspecified atom stereocenters. The third kappa shape index (κ3) is 2.93. The Bertz CT molecular complexity index is 1110. The summed E-state index contributed by atoms with van der Waals surface area (Å²) < 4.78 is 2.60. The Balaban J connectivity index is 1.91. The van der Waals surface area contributed by atoms with Crippen LogP contribution in [0.25, 0.3) is 16.7 Å². The number of nitrogens with zero attached hydrogens (tertiary/aromatic N) is 3. The number of para-hydroxylation sites is 1. The van der Waals surface area contributed by atoms with E-state index in [4.69, 9.17) is 0 Å². The highest BCUT2D eigenvalue weighted by Gasteiger charge is 2.18. The number of aromatic nitrogens is 3. The Hall–Kier alpha value is -3.19. The smallest absolute Gasteiger partial charge is 0.339 e. The van der Waals surface area contributed by atoms with E-state index in [1.54, 1.807) is 10.9 Å². The van der Waals surface area contributed by atoms with Crippen molar-refractivity contribution >= 4 is 44.3 Å². The first kappa shape index (κ1) is 16.3. The van der Waals surface area contributed by atoms with Gasteiger partial charge in [0.25, 0.3) is 0 Å². The Morgan fingerprint density at radius 1 is 1.08 bits per heavy atom. The number of hydrogen-bond donors (Lipinski definition) is 2. The van der Waals surface area contributed by atoms with Crippen molar-refractivity contribution in [2.45, 2.75) is 0 Å². The number of pyridine rings is 1. The van der Waals surface area contributed by atoms with Crippen molar-refractivity contribution in [3.05, 3.63) is 77.0 Å². The number of carboxylic acid groups (broad SMARTS) is 1. The average molecular weight is 409 g/mol. The molecule has 0 bridgehead atoms. The van der Waals surface area contributed by atoms with Gasteiger partial charge in [-0.2, -0.15) is 5.10 Å². The monoisotopic (exact) mass is 408 g/mol. The summed E-state index contributed by atoms with van der Waals surface area (Å²) in [5.74, 6) is -1.05. The maximum absolute atomic E-state index is 11.7. The van der Waals surface area contributed by atoms with Crippen LogP contribution in [-0.4, -0.2) is 25.8 Å². The van der Waals surface area contributed by atoms with E-state index in [0.717, 1.165) is 15.8 Å². The zero-order valence-electron chi connectivity index (χ0n) is 13.4. The number of carbonyl (C=O) groups is 1. The molecule has 128 valence electrons. The van der Waals surface area contributed by atoms with Crippen molar-refractivity contribution in [2.24, 2.45) is 0 Å². The molecule has 26 heavy (non-hydrogen) atoms. The van der Waals surface area contributed by atoms with Crippen molar-refractivity contribution in [3.8, 4) is 5.69 Å². The predicted octanol–water partition coefficient (Wildman–Crippen LogP) is 4.62. The fourth-order valence-electron chi connectivity index (χ4n) is 2.74. The molecule has 0 spiro atoms. The first-order valence-electron chi connectivity index (χ1n) is 7.81. The van der Waals surface area contributed by atoms with E-state index < -0.39 is 5.97 Å². The van der Waals surface area contributed by atoms with Gasteiger partial charge in [0.1, 0.15) is 5.56 Å². The summed E-state index contributed by atoms with van der Waals surface area (Å²) in [6.07, 6.45) is 2.98. The summed E-state index contributed by atoms with van der Waals surface area (Å²) in [5.41, 5.74) is 2.75. The predicted molar refractivity (Wildman–Crippen MR) is 103 cm³/mol. The van der Waals surface area contributed by atoms with Gasteiger partial charge in [-0.15, -0.1) is 0 Å². The van der Waals surface area contributed by atoms with Gasteiger partial charge in [0.05, 0.1) is 23.0 Å². The number of nitrogens with one attached hydrogen (secondary N) is 1. The lowest BCUT2D eigenvalue weighted by Crippen LogP contribution is -2.05. The van der Waals surface area contributed by atoms with Gasteiger partial charge in [0.15, 0.2) is 5.65 Å². The molecule has 0 radical (unpaired) electrons. The number of anilines is 2. The minimum atomic E-state index is -1.05. The SMILES string of the molecule is O=C(O)c1cnc2c(cnn2-c2cccc(Br)c2)c1Nc1ccccc1. The van der Waals surface area contributed by atoms with Crippen molar-refractivity contribution in [1.29, 1.82) is 0 Å². The van der Waals surface area contributed by atoms with Crippen molar-refractivity contribution in [1.82, 2.24) is 14.8 Å². The number of benzene rings is 2. The molecule has 0 aliphatic carbocycles. The number of aromatic carboxylic acids is 1. The molecule has 0 amide bonds. The van der Waals surface area contributed by atoms with Gasteiger partial charge in [0.2, 0.25) is 0 Å². The van der Waals surface area contributed by atoms with Crippen LogP contribution in [0, 0.1) is 0 Å². The molecular weight excluding hydrogens is 396 g/mol. The number of halogens is 1. The summed E-state index contributed by atoms with van der Waals surface area (Å²) in [6, 6.07) is 17.1. The van der Waals surface area contributed by atoms with Gasteiger partial charge < -0.3 is 10.4 Å².